The number of hydrogen-bond acceptors (Lipinski definition) is 7. The molecular weight excluding hydrogens is 462 g/mol. The van der Waals surface area contributed by atoms with Crippen LogP contribution in [0.4, 0.5) is 11.5 Å². The molecular formula is C17H18BrN7O3S. The number of hydrogen-bond donors (Lipinski definition) is 1. The van der Waals surface area contributed by atoms with E-state index in [1.165, 1.54) is 22.5 Å². The molecule has 12 heteroatoms. The van der Waals surface area contributed by atoms with Gasteiger partial charge in [0, 0.05) is 24.1 Å². The second kappa shape index (κ2) is 8.74. The molecule has 0 unspecified atom stereocenters. The number of aryl methyl sites for hydroxylation is 2. The van der Waals surface area contributed by atoms with Crippen molar-refractivity contribution in [3.05, 3.63) is 56.2 Å². The fourth-order valence-corrected chi connectivity index (χ4v) is 3.65. The van der Waals surface area contributed by atoms with Crippen molar-refractivity contribution in [2.24, 2.45) is 7.05 Å². The van der Waals surface area contributed by atoms with Crippen LogP contribution in [0.5, 0.6) is 0 Å². The quantitative estimate of drug-likeness (QED) is 0.313. The van der Waals surface area contributed by atoms with Gasteiger partial charge in [0.2, 0.25) is 5.91 Å². The number of carbonyl (C=O) groups excluding carboxylic acids is 1. The Morgan fingerprint density at radius 2 is 2.10 bits per heavy atom. The Labute approximate surface area is 179 Å². The van der Waals surface area contributed by atoms with E-state index in [0.29, 0.717) is 22.5 Å². The second-order valence-corrected chi connectivity index (χ2v) is 8.06. The minimum absolute atomic E-state index is 0.108. The number of nitro groups is 1. The second-order valence-electron chi connectivity index (χ2n) is 6.27. The molecule has 0 aliphatic rings. The molecule has 0 fully saturated rings. The first-order valence-corrected chi connectivity index (χ1v) is 10.3. The maximum Gasteiger partial charge on any atom is 0.343 e. The summed E-state index contributed by atoms with van der Waals surface area (Å²) in [5, 5.41) is 22.7. The fourth-order valence-electron chi connectivity index (χ4n) is 2.55. The summed E-state index contributed by atoms with van der Waals surface area (Å²) < 4.78 is 4.09. The van der Waals surface area contributed by atoms with Crippen molar-refractivity contribution < 1.29 is 9.72 Å². The van der Waals surface area contributed by atoms with Gasteiger partial charge in [-0.3, -0.25) is 4.79 Å². The molecule has 1 amide bonds. The lowest BCUT2D eigenvalue weighted by Crippen LogP contribution is -2.15. The van der Waals surface area contributed by atoms with Crippen LogP contribution in [-0.4, -0.2) is 40.9 Å². The van der Waals surface area contributed by atoms with Crippen LogP contribution in [-0.2, 0) is 18.4 Å². The number of carbonyl (C=O) groups is 1. The van der Waals surface area contributed by atoms with E-state index >= 15 is 0 Å². The molecule has 29 heavy (non-hydrogen) atoms. The van der Waals surface area contributed by atoms with Gasteiger partial charge in [-0.2, -0.15) is 0 Å². The molecule has 10 nitrogen and oxygen atoms in total. The predicted molar refractivity (Wildman–Crippen MR) is 112 cm³/mol. The average Bonchev–Trinajstić information content (AvgIpc) is 3.20. The summed E-state index contributed by atoms with van der Waals surface area (Å²) in [7, 11) is 1.75. The van der Waals surface area contributed by atoms with Crippen molar-refractivity contribution in [2.45, 2.75) is 25.5 Å². The molecule has 1 N–H and O–H groups in total. The Morgan fingerprint density at radius 3 is 2.79 bits per heavy atom. The van der Waals surface area contributed by atoms with Crippen LogP contribution >= 0.6 is 27.7 Å². The van der Waals surface area contributed by atoms with Crippen molar-refractivity contribution in [3.8, 4) is 0 Å². The summed E-state index contributed by atoms with van der Waals surface area (Å²) in [6.07, 6.45) is 1.22. The number of benzene rings is 1. The van der Waals surface area contributed by atoms with Crippen molar-refractivity contribution >= 4 is 45.1 Å². The number of imidazole rings is 1. The molecule has 152 valence electrons. The largest absolute Gasteiger partial charge is 0.358 e. The molecule has 3 rings (SSSR count). The number of nitrogens with zero attached hydrogens (tertiary/aromatic N) is 6. The molecule has 1 aromatic carbocycles. The highest BCUT2D eigenvalue weighted by Gasteiger charge is 2.21. The van der Waals surface area contributed by atoms with E-state index < -0.39 is 4.92 Å². The Kier molecular flexibility index (Phi) is 6.33. The zero-order valence-corrected chi connectivity index (χ0v) is 18.3. The molecule has 0 bridgehead atoms. The summed E-state index contributed by atoms with van der Waals surface area (Å²) in [4.78, 5) is 26.9. The Balaban J connectivity index is 1.64. The molecule has 2 aromatic heterocycles. The highest BCUT2D eigenvalue weighted by atomic mass is 79.9. The van der Waals surface area contributed by atoms with E-state index in [-0.39, 0.29) is 24.0 Å². The lowest BCUT2D eigenvalue weighted by atomic mass is 10.2. The van der Waals surface area contributed by atoms with Gasteiger partial charge in [-0.1, -0.05) is 33.8 Å². The van der Waals surface area contributed by atoms with Gasteiger partial charge in [-0.05, 0) is 29.5 Å². The number of nitrogens with one attached hydrogen (secondary N) is 1. The van der Waals surface area contributed by atoms with Gasteiger partial charge in [0.15, 0.2) is 23.4 Å². The van der Waals surface area contributed by atoms with Crippen LogP contribution in [0.2, 0.25) is 0 Å². The summed E-state index contributed by atoms with van der Waals surface area (Å²) in [6.45, 7) is 3.82. The van der Waals surface area contributed by atoms with Gasteiger partial charge in [-0.25, -0.2) is 9.55 Å². The van der Waals surface area contributed by atoms with Crippen molar-refractivity contribution in [3.63, 3.8) is 0 Å². The predicted octanol–water partition coefficient (Wildman–Crippen LogP) is 3.08. The van der Waals surface area contributed by atoms with Gasteiger partial charge in [-0.15, -0.1) is 10.2 Å². The Bertz CT molecular complexity index is 1080. The van der Waals surface area contributed by atoms with E-state index in [9.17, 15) is 14.9 Å². The molecule has 0 aliphatic heterocycles. The highest BCUT2D eigenvalue weighted by molar-refractivity contribution is 9.10. The van der Waals surface area contributed by atoms with Gasteiger partial charge >= 0.3 is 5.82 Å². The van der Waals surface area contributed by atoms with Crippen molar-refractivity contribution in [1.82, 2.24) is 24.3 Å². The fraction of sp³-hybridized carbons (Fsp3) is 0.294. The zero-order chi connectivity index (χ0) is 21.1. The van der Waals surface area contributed by atoms with Gasteiger partial charge < -0.3 is 20.0 Å². The van der Waals surface area contributed by atoms with Gasteiger partial charge in [0.25, 0.3) is 0 Å². The van der Waals surface area contributed by atoms with E-state index in [0.717, 1.165) is 10.0 Å². The van der Waals surface area contributed by atoms with Crippen LogP contribution in [0.15, 0.2) is 34.0 Å². The monoisotopic (exact) mass is 479 g/mol. The summed E-state index contributed by atoms with van der Waals surface area (Å²) in [5.41, 5.74) is 1.78. The first kappa shape index (κ1) is 21.0. The molecule has 2 heterocycles. The Hall–Kier alpha value is -2.73. The maximum absolute atomic E-state index is 12.2. The minimum Gasteiger partial charge on any atom is -0.358 e. The summed E-state index contributed by atoms with van der Waals surface area (Å²) in [5.74, 6) is 0.915. The maximum atomic E-state index is 12.2. The molecule has 0 atom stereocenters. The van der Waals surface area contributed by atoms with Crippen LogP contribution < -0.4 is 5.32 Å². The van der Waals surface area contributed by atoms with E-state index in [1.807, 2.05) is 25.1 Å². The van der Waals surface area contributed by atoms with Gasteiger partial charge in [0.1, 0.15) is 6.20 Å². The topological polar surface area (TPSA) is 121 Å². The molecule has 0 radical (unpaired) electrons. The third-order valence-corrected chi connectivity index (χ3v) is 6.11. The molecule has 3 aromatic rings. The first-order chi connectivity index (χ1) is 13.8. The molecule has 0 spiro atoms. The lowest BCUT2D eigenvalue weighted by molar-refractivity contribution is -0.392. The third-order valence-electron chi connectivity index (χ3n) is 4.23. The molecule has 0 saturated heterocycles. The highest BCUT2D eigenvalue weighted by Crippen LogP contribution is 2.22. The number of halogens is 1. The van der Waals surface area contributed by atoms with Crippen molar-refractivity contribution in [2.75, 3.05) is 11.1 Å². The van der Waals surface area contributed by atoms with E-state index in [2.05, 4.69) is 36.4 Å². The number of rotatable bonds is 7. The number of thioether (sulfide) groups is 1. The lowest BCUT2D eigenvalue weighted by Gasteiger charge is -2.07. The van der Waals surface area contributed by atoms with Crippen LogP contribution in [0.3, 0.4) is 0 Å². The minimum atomic E-state index is -0.486. The zero-order valence-electron chi connectivity index (χ0n) is 15.9. The van der Waals surface area contributed by atoms with Crippen LogP contribution in [0.1, 0.15) is 17.2 Å². The smallest absolute Gasteiger partial charge is 0.343 e. The Morgan fingerprint density at radius 1 is 1.34 bits per heavy atom. The standard InChI is InChI=1S/C17H18BrN7O3S/c1-10-4-5-12(6-13(10)18)20-15(26)9-29-17-22-21-14(23(17)3)8-24-11(2)19-7-16(24)25(27)28/h4-7H,8-9H2,1-3H3,(H,20,26). The molecule has 0 aliphatic carbocycles. The SMILES string of the molecule is Cc1ccc(NC(=O)CSc2nnc(Cn3c([N+](=O)[O-])cnc3C)n2C)cc1Br. The summed E-state index contributed by atoms with van der Waals surface area (Å²) in [6, 6.07) is 5.60. The number of amides is 1. The summed E-state index contributed by atoms with van der Waals surface area (Å²) >= 11 is 4.68. The van der Waals surface area contributed by atoms with E-state index in [1.54, 1.807) is 18.5 Å². The average molecular weight is 480 g/mol. The first-order valence-electron chi connectivity index (χ1n) is 8.50. The van der Waals surface area contributed by atoms with Crippen LogP contribution in [0, 0.1) is 24.0 Å². The molecule has 0 saturated carbocycles. The normalized spacial score (nSPS) is 10.9. The number of anilines is 1. The van der Waals surface area contributed by atoms with E-state index in [4.69, 9.17) is 0 Å². The number of aromatic nitrogens is 5. The third kappa shape index (κ3) is 4.82. The van der Waals surface area contributed by atoms with Gasteiger partial charge in [0.05, 0.1) is 5.75 Å². The van der Waals surface area contributed by atoms with Crippen molar-refractivity contribution in [1.29, 1.82) is 0 Å². The van der Waals surface area contributed by atoms with Crippen LogP contribution in [0.25, 0.3) is 0 Å².